The van der Waals surface area contributed by atoms with Gasteiger partial charge in [0.05, 0.1) is 35.1 Å². The van der Waals surface area contributed by atoms with E-state index in [1.165, 1.54) is 4.31 Å². The number of benzene rings is 3. The van der Waals surface area contributed by atoms with Crippen molar-refractivity contribution in [1.82, 2.24) is 10.3 Å². The van der Waals surface area contributed by atoms with Crippen LogP contribution in [0.4, 0.5) is 11.4 Å². The molecule has 1 amide bonds. The number of anilines is 2. The molecule has 0 aliphatic heterocycles. The van der Waals surface area contributed by atoms with E-state index in [0.717, 1.165) is 10.9 Å². The van der Waals surface area contributed by atoms with E-state index >= 15 is 0 Å². The van der Waals surface area contributed by atoms with E-state index in [2.05, 4.69) is 10.3 Å². The standard InChI is InChI=1S/C24H21N3O4S/c28-16-20(17-8-2-1-3-9-17)26-24(29)19-12-4-5-13-21(19)27(32(30)31)22-14-6-10-18-11-7-15-25-23(18)22/h1-15,20,28H,16H2,(H,26,29)(H,30,31). The Balaban J connectivity index is 1.76. The number of para-hydroxylation sites is 2. The van der Waals surface area contributed by atoms with Gasteiger partial charge in [-0.05, 0) is 29.8 Å². The zero-order chi connectivity index (χ0) is 22.5. The Morgan fingerprint density at radius 1 is 0.938 bits per heavy atom. The molecule has 2 unspecified atom stereocenters. The number of amides is 1. The number of fused-ring (bicyclic) bond motifs is 1. The second-order valence-electron chi connectivity index (χ2n) is 7.01. The molecule has 1 heterocycles. The Labute approximate surface area is 187 Å². The van der Waals surface area contributed by atoms with Gasteiger partial charge in [-0.3, -0.25) is 14.3 Å². The number of hydrogen-bond acceptors (Lipinski definition) is 4. The van der Waals surface area contributed by atoms with Gasteiger partial charge in [0.25, 0.3) is 17.2 Å². The van der Waals surface area contributed by atoms with Gasteiger partial charge in [0.15, 0.2) is 0 Å². The number of carbonyl (C=O) groups is 1. The van der Waals surface area contributed by atoms with Gasteiger partial charge >= 0.3 is 0 Å². The zero-order valence-corrected chi connectivity index (χ0v) is 17.8. The van der Waals surface area contributed by atoms with E-state index in [-0.39, 0.29) is 17.9 Å². The van der Waals surface area contributed by atoms with Gasteiger partial charge in [-0.25, -0.2) is 8.51 Å². The lowest BCUT2D eigenvalue weighted by molar-refractivity contribution is 0.0917. The van der Waals surface area contributed by atoms with Crippen molar-refractivity contribution in [2.45, 2.75) is 6.04 Å². The minimum atomic E-state index is -2.47. The zero-order valence-electron chi connectivity index (χ0n) is 17.0. The molecule has 162 valence electrons. The van der Waals surface area contributed by atoms with Crippen LogP contribution in [0.5, 0.6) is 0 Å². The quantitative estimate of drug-likeness (QED) is 0.372. The van der Waals surface area contributed by atoms with Gasteiger partial charge in [0, 0.05) is 11.6 Å². The van der Waals surface area contributed by atoms with Crippen LogP contribution in [0.2, 0.25) is 0 Å². The predicted octanol–water partition coefficient (Wildman–Crippen LogP) is 3.97. The summed E-state index contributed by atoms with van der Waals surface area (Å²) in [4.78, 5) is 17.5. The summed E-state index contributed by atoms with van der Waals surface area (Å²) in [5.74, 6) is -0.479. The summed E-state index contributed by atoms with van der Waals surface area (Å²) < 4.78 is 23.8. The molecule has 7 nitrogen and oxygen atoms in total. The first-order valence-electron chi connectivity index (χ1n) is 9.90. The molecule has 3 N–H and O–H groups in total. The first-order valence-corrected chi connectivity index (χ1v) is 11.0. The van der Waals surface area contributed by atoms with Crippen molar-refractivity contribution in [1.29, 1.82) is 0 Å². The Hall–Kier alpha value is -3.59. The molecule has 0 bridgehead atoms. The number of aliphatic hydroxyl groups is 1. The summed E-state index contributed by atoms with van der Waals surface area (Å²) >= 11 is -2.47. The maximum absolute atomic E-state index is 13.2. The normalized spacial score (nSPS) is 12.8. The summed E-state index contributed by atoms with van der Waals surface area (Å²) in [5, 5.41) is 13.4. The van der Waals surface area contributed by atoms with Gasteiger partial charge in [-0.1, -0.05) is 60.7 Å². The average Bonchev–Trinajstić information content (AvgIpc) is 2.83. The van der Waals surface area contributed by atoms with Crippen LogP contribution in [0, 0.1) is 0 Å². The first kappa shape index (κ1) is 21.6. The van der Waals surface area contributed by atoms with E-state index in [1.54, 1.807) is 48.7 Å². The topological polar surface area (TPSA) is 103 Å². The van der Waals surface area contributed by atoms with Crippen LogP contribution in [0.25, 0.3) is 10.9 Å². The lowest BCUT2D eigenvalue weighted by atomic mass is 10.1. The summed E-state index contributed by atoms with van der Waals surface area (Å²) in [5.41, 5.74) is 2.11. The third-order valence-corrected chi connectivity index (χ3v) is 5.75. The van der Waals surface area contributed by atoms with Crippen LogP contribution >= 0.6 is 0 Å². The minimum Gasteiger partial charge on any atom is -0.394 e. The van der Waals surface area contributed by atoms with Gasteiger partial charge < -0.3 is 10.4 Å². The van der Waals surface area contributed by atoms with Crippen molar-refractivity contribution in [3.05, 3.63) is 102 Å². The average molecular weight is 448 g/mol. The third kappa shape index (κ3) is 4.38. The van der Waals surface area contributed by atoms with Crippen LogP contribution in [0.15, 0.2) is 91.1 Å². The smallest absolute Gasteiger partial charge is 0.266 e. The van der Waals surface area contributed by atoms with Crippen molar-refractivity contribution >= 4 is 39.5 Å². The number of aliphatic hydroxyl groups excluding tert-OH is 1. The molecule has 0 saturated heterocycles. The highest BCUT2D eigenvalue weighted by atomic mass is 32.2. The minimum absolute atomic E-state index is 0.192. The summed E-state index contributed by atoms with van der Waals surface area (Å²) in [6.07, 6.45) is 1.61. The highest BCUT2D eigenvalue weighted by Gasteiger charge is 2.25. The van der Waals surface area contributed by atoms with Gasteiger partial charge in [0.1, 0.15) is 0 Å². The van der Waals surface area contributed by atoms with Crippen molar-refractivity contribution < 1.29 is 18.7 Å². The van der Waals surface area contributed by atoms with Crippen LogP contribution in [0.1, 0.15) is 22.0 Å². The highest BCUT2D eigenvalue weighted by Crippen LogP contribution is 2.34. The number of rotatable bonds is 7. The molecule has 4 aromatic rings. The number of hydrogen-bond donors (Lipinski definition) is 3. The Kier molecular flexibility index (Phi) is 6.55. The Bertz CT molecular complexity index is 1260. The van der Waals surface area contributed by atoms with Crippen molar-refractivity contribution in [2.24, 2.45) is 0 Å². The van der Waals surface area contributed by atoms with Crippen LogP contribution < -0.4 is 9.62 Å². The molecule has 2 atom stereocenters. The third-order valence-electron chi connectivity index (χ3n) is 5.04. The van der Waals surface area contributed by atoms with Gasteiger partial charge in [-0.15, -0.1) is 0 Å². The number of nitrogens with one attached hydrogen (secondary N) is 1. The number of aromatic nitrogens is 1. The molecular formula is C24H21N3O4S. The molecule has 0 aliphatic carbocycles. The van der Waals surface area contributed by atoms with Crippen LogP contribution in [-0.4, -0.2) is 31.4 Å². The fourth-order valence-corrected chi connectivity index (χ4v) is 4.19. The molecule has 0 spiro atoms. The molecule has 8 heteroatoms. The van der Waals surface area contributed by atoms with Gasteiger partial charge in [-0.2, -0.15) is 0 Å². The molecule has 1 aromatic heterocycles. The monoisotopic (exact) mass is 447 g/mol. The Morgan fingerprint density at radius 3 is 2.38 bits per heavy atom. The fraction of sp³-hybridized carbons (Fsp3) is 0.0833. The van der Waals surface area contributed by atoms with E-state index in [0.29, 0.717) is 11.2 Å². The van der Waals surface area contributed by atoms with Crippen molar-refractivity contribution in [3.8, 4) is 0 Å². The molecule has 32 heavy (non-hydrogen) atoms. The first-order chi connectivity index (χ1) is 15.6. The van der Waals surface area contributed by atoms with Gasteiger partial charge in [0.2, 0.25) is 0 Å². The molecule has 0 saturated carbocycles. The van der Waals surface area contributed by atoms with Crippen molar-refractivity contribution in [3.63, 3.8) is 0 Å². The second kappa shape index (κ2) is 9.69. The molecule has 3 aromatic carbocycles. The van der Waals surface area contributed by atoms with E-state index in [4.69, 9.17) is 0 Å². The maximum atomic E-state index is 13.2. The summed E-state index contributed by atoms with van der Waals surface area (Å²) in [6.45, 7) is -0.291. The number of carbonyl (C=O) groups excluding carboxylic acids is 1. The number of nitrogens with zero attached hydrogens (tertiary/aromatic N) is 2. The predicted molar refractivity (Wildman–Crippen MR) is 125 cm³/mol. The van der Waals surface area contributed by atoms with E-state index in [9.17, 15) is 18.7 Å². The number of pyridine rings is 1. The van der Waals surface area contributed by atoms with Crippen LogP contribution in [-0.2, 0) is 11.3 Å². The van der Waals surface area contributed by atoms with Crippen molar-refractivity contribution in [2.75, 3.05) is 10.9 Å². The van der Waals surface area contributed by atoms with E-state index < -0.39 is 23.2 Å². The summed E-state index contributed by atoms with van der Waals surface area (Å²) in [6, 6.07) is 24.0. The Morgan fingerprint density at radius 2 is 1.62 bits per heavy atom. The molecule has 0 aliphatic rings. The highest BCUT2D eigenvalue weighted by molar-refractivity contribution is 7.81. The van der Waals surface area contributed by atoms with E-state index in [1.807, 2.05) is 42.5 Å². The lowest BCUT2D eigenvalue weighted by Crippen LogP contribution is -2.32. The summed E-state index contributed by atoms with van der Waals surface area (Å²) in [7, 11) is 0. The lowest BCUT2D eigenvalue weighted by Gasteiger charge is -2.24. The molecule has 0 radical (unpaired) electrons. The molecule has 0 fully saturated rings. The largest absolute Gasteiger partial charge is 0.394 e. The van der Waals surface area contributed by atoms with Crippen LogP contribution in [0.3, 0.4) is 0 Å². The maximum Gasteiger partial charge on any atom is 0.266 e. The molecular weight excluding hydrogens is 426 g/mol. The molecule has 4 rings (SSSR count). The SMILES string of the molecule is O=C(NC(CO)c1ccccc1)c1ccccc1N(c1cccc2cccnc12)S(=O)O. The second-order valence-corrected chi connectivity index (χ2v) is 7.84. The fourth-order valence-electron chi connectivity index (χ4n) is 3.55.